The maximum absolute atomic E-state index is 9.96. The molecule has 1 fully saturated rings. The predicted octanol–water partition coefficient (Wildman–Crippen LogP) is -0.959. The summed E-state index contributed by atoms with van der Waals surface area (Å²) >= 11 is 1.94. The van der Waals surface area contributed by atoms with Crippen molar-refractivity contribution in [3.63, 3.8) is 0 Å². The molecule has 9 heteroatoms. The fraction of sp³-hybridized carbons (Fsp3) is 0.500. The molecular weight excluding hydrogens is 365 g/mol. The quantitative estimate of drug-likeness (QED) is 0.372. The van der Waals surface area contributed by atoms with Crippen LogP contribution < -0.4 is 5.73 Å². The van der Waals surface area contributed by atoms with Gasteiger partial charge in [0.1, 0.15) is 17.7 Å². The van der Waals surface area contributed by atoms with E-state index in [4.69, 9.17) is 5.73 Å². The van der Waals surface area contributed by atoms with Gasteiger partial charge in [-0.05, 0) is 6.42 Å². The fourth-order valence-corrected chi connectivity index (χ4v) is 2.90. The van der Waals surface area contributed by atoms with Gasteiger partial charge in [-0.25, -0.2) is 15.0 Å². The Bertz CT molecular complexity index is 633. The molecule has 2 aromatic rings. The van der Waals surface area contributed by atoms with Crippen molar-refractivity contribution in [2.24, 2.45) is 0 Å². The average Bonchev–Trinajstić information content (AvgIpc) is 2.86. The third kappa shape index (κ3) is 1.96. The van der Waals surface area contributed by atoms with Gasteiger partial charge in [-0.1, -0.05) is 0 Å². The molecule has 0 aromatic carbocycles. The van der Waals surface area contributed by atoms with Crippen molar-refractivity contribution in [1.82, 2.24) is 19.5 Å². The highest BCUT2D eigenvalue weighted by atomic mass is 127. The van der Waals surface area contributed by atoms with Crippen LogP contribution in [0.4, 0.5) is 5.82 Å². The second-order valence-electron chi connectivity index (χ2n) is 4.55. The molecule has 0 spiro atoms. The monoisotopic (exact) mass is 377 g/mol. The SMILES string of the molecule is Nc1nc(I)nc2c1ncn2C1CC(O)C(O)C1O. The highest BCUT2D eigenvalue weighted by Gasteiger charge is 2.42. The van der Waals surface area contributed by atoms with Gasteiger partial charge in [0.2, 0.25) is 0 Å². The Hall–Kier alpha value is -1.04. The Morgan fingerprint density at radius 3 is 2.63 bits per heavy atom. The lowest BCUT2D eigenvalue weighted by molar-refractivity contribution is -0.0244. The third-order valence-electron chi connectivity index (χ3n) is 3.40. The zero-order chi connectivity index (χ0) is 13.7. The Morgan fingerprint density at radius 1 is 1.26 bits per heavy atom. The summed E-state index contributed by atoms with van der Waals surface area (Å²) in [6.45, 7) is 0. The second kappa shape index (κ2) is 4.51. The molecule has 102 valence electrons. The van der Waals surface area contributed by atoms with E-state index in [0.29, 0.717) is 15.0 Å². The molecule has 5 N–H and O–H groups in total. The molecule has 0 amide bonds. The molecule has 0 saturated heterocycles. The number of rotatable bonds is 1. The zero-order valence-corrected chi connectivity index (χ0v) is 11.8. The number of fused-ring (bicyclic) bond motifs is 1. The number of halogens is 1. The first-order valence-corrected chi connectivity index (χ1v) is 6.76. The Kier molecular flexibility index (Phi) is 3.08. The number of hydrogen-bond acceptors (Lipinski definition) is 7. The van der Waals surface area contributed by atoms with Crippen molar-refractivity contribution >= 4 is 39.6 Å². The molecule has 1 aliphatic rings. The van der Waals surface area contributed by atoms with Gasteiger partial charge in [0.05, 0.1) is 18.5 Å². The van der Waals surface area contributed by atoms with E-state index in [0.717, 1.165) is 0 Å². The van der Waals surface area contributed by atoms with Crippen molar-refractivity contribution < 1.29 is 15.3 Å². The van der Waals surface area contributed by atoms with E-state index in [1.165, 1.54) is 6.33 Å². The van der Waals surface area contributed by atoms with Crippen molar-refractivity contribution in [3.05, 3.63) is 10.2 Å². The van der Waals surface area contributed by atoms with E-state index >= 15 is 0 Å². The van der Waals surface area contributed by atoms with Gasteiger partial charge in [-0.3, -0.25) is 0 Å². The second-order valence-corrected chi connectivity index (χ2v) is 5.52. The van der Waals surface area contributed by atoms with Crippen LogP contribution in [-0.4, -0.2) is 53.2 Å². The maximum Gasteiger partial charge on any atom is 0.194 e. The first kappa shape index (κ1) is 13.0. The molecule has 2 heterocycles. The van der Waals surface area contributed by atoms with E-state index in [1.807, 2.05) is 22.6 Å². The summed E-state index contributed by atoms with van der Waals surface area (Å²) < 4.78 is 2.09. The van der Waals surface area contributed by atoms with Crippen LogP contribution >= 0.6 is 22.6 Å². The molecule has 8 nitrogen and oxygen atoms in total. The van der Waals surface area contributed by atoms with Gasteiger partial charge in [0, 0.05) is 22.6 Å². The molecule has 2 aromatic heterocycles. The standard InChI is InChI=1S/C10H12IN5O3/c11-10-14-8(12)5-9(15-10)16(2-13-5)3-1-4(17)7(19)6(3)18/h2-4,6-7,17-19H,1H2,(H2,12,14,15). The predicted molar refractivity (Wildman–Crippen MR) is 74.1 cm³/mol. The lowest BCUT2D eigenvalue weighted by Crippen LogP contribution is -2.31. The maximum atomic E-state index is 9.96. The molecule has 3 rings (SSSR count). The van der Waals surface area contributed by atoms with Gasteiger partial charge in [-0.15, -0.1) is 0 Å². The van der Waals surface area contributed by atoms with Gasteiger partial charge >= 0.3 is 0 Å². The normalized spacial score (nSPS) is 31.2. The Morgan fingerprint density at radius 2 is 2.00 bits per heavy atom. The summed E-state index contributed by atoms with van der Waals surface area (Å²) in [4.78, 5) is 12.4. The molecule has 1 aliphatic carbocycles. The minimum absolute atomic E-state index is 0.230. The largest absolute Gasteiger partial charge is 0.390 e. The van der Waals surface area contributed by atoms with Crippen LogP contribution in [0.25, 0.3) is 11.2 Å². The number of aromatic nitrogens is 4. The minimum atomic E-state index is -1.17. The molecule has 4 unspecified atom stereocenters. The molecule has 1 saturated carbocycles. The summed E-state index contributed by atoms with van der Waals surface area (Å²) in [6.07, 6.45) is -1.48. The highest BCUT2D eigenvalue weighted by molar-refractivity contribution is 14.1. The van der Waals surface area contributed by atoms with Crippen molar-refractivity contribution in [3.8, 4) is 0 Å². The number of nitrogen functional groups attached to an aromatic ring is 1. The van der Waals surface area contributed by atoms with Gasteiger partial charge in [0.15, 0.2) is 15.3 Å². The summed E-state index contributed by atoms with van der Waals surface area (Å²) in [5, 5.41) is 29.2. The third-order valence-corrected chi connectivity index (χ3v) is 3.88. The number of hydrogen-bond donors (Lipinski definition) is 4. The van der Waals surface area contributed by atoms with Crippen LogP contribution in [0, 0.1) is 3.83 Å². The highest BCUT2D eigenvalue weighted by Crippen LogP contribution is 2.33. The Balaban J connectivity index is 2.11. The number of nitrogens with two attached hydrogens (primary N) is 1. The van der Waals surface area contributed by atoms with Gasteiger partial charge in [0.25, 0.3) is 0 Å². The first-order chi connectivity index (χ1) is 8.99. The molecule has 0 bridgehead atoms. The van der Waals surface area contributed by atoms with Crippen LogP contribution in [0.5, 0.6) is 0 Å². The number of imidazole rings is 1. The smallest absolute Gasteiger partial charge is 0.194 e. The van der Waals surface area contributed by atoms with Crippen LogP contribution in [0.15, 0.2) is 6.33 Å². The van der Waals surface area contributed by atoms with Gasteiger partial charge < -0.3 is 25.6 Å². The number of anilines is 1. The lowest BCUT2D eigenvalue weighted by atomic mass is 10.2. The first-order valence-electron chi connectivity index (χ1n) is 5.68. The van der Waals surface area contributed by atoms with E-state index in [-0.39, 0.29) is 12.2 Å². The van der Waals surface area contributed by atoms with E-state index in [1.54, 1.807) is 4.57 Å². The van der Waals surface area contributed by atoms with Crippen LogP contribution in [-0.2, 0) is 0 Å². The Labute approximate surface area is 121 Å². The summed E-state index contributed by atoms with van der Waals surface area (Å²) in [5.74, 6) is 0.265. The summed E-state index contributed by atoms with van der Waals surface area (Å²) in [7, 11) is 0. The fourth-order valence-electron chi connectivity index (χ4n) is 2.41. The number of aliphatic hydroxyl groups is 3. The van der Waals surface area contributed by atoms with E-state index in [2.05, 4.69) is 15.0 Å². The minimum Gasteiger partial charge on any atom is -0.390 e. The lowest BCUT2D eigenvalue weighted by Gasteiger charge is -2.17. The average molecular weight is 377 g/mol. The zero-order valence-electron chi connectivity index (χ0n) is 9.68. The van der Waals surface area contributed by atoms with Crippen molar-refractivity contribution in [2.75, 3.05) is 5.73 Å². The van der Waals surface area contributed by atoms with E-state index in [9.17, 15) is 15.3 Å². The summed E-state index contributed by atoms with van der Waals surface area (Å²) in [6, 6.07) is -0.486. The van der Waals surface area contributed by atoms with Crippen molar-refractivity contribution in [2.45, 2.75) is 30.8 Å². The molecule has 4 atom stereocenters. The number of nitrogens with zero attached hydrogens (tertiary/aromatic N) is 4. The molecule has 0 radical (unpaired) electrons. The molecule has 0 aliphatic heterocycles. The number of aliphatic hydroxyl groups excluding tert-OH is 3. The van der Waals surface area contributed by atoms with Crippen LogP contribution in [0.3, 0.4) is 0 Å². The van der Waals surface area contributed by atoms with Gasteiger partial charge in [-0.2, -0.15) is 0 Å². The van der Waals surface area contributed by atoms with Crippen LogP contribution in [0.1, 0.15) is 12.5 Å². The van der Waals surface area contributed by atoms with Crippen molar-refractivity contribution in [1.29, 1.82) is 0 Å². The molecule has 19 heavy (non-hydrogen) atoms. The topological polar surface area (TPSA) is 130 Å². The molecular formula is C10H12IN5O3. The summed E-state index contributed by atoms with van der Waals surface area (Å²) in [5.41, 5.74) is 6.70. The van der Waals surface area contributed by atoms with Crippen LogP contribution in [0.2, 0.25) is 0 Å². The van der Waals surface area contributed by atoms with E-state index < -0.39 is 24.4 Å².